The summed E-state index contributed by atoms with van der Waals surface area (Å²) in [6.45, 7) is -0.352. The highest BCUT2D eigenvalue weighted by Gasteiger charge is 2.49. The summed E-state index contributed by atoms with van der Waals surface area (Å²) in [5, 5.41) is 25.0. The SMILES string of the molecule is [2H]C([2H])(Oc1nc(N2CC3CCC2CN3)c2cnc(-c3cc(O)cc4ccc(F)c(C#C)c34)c(F)c2n1)[C@]12CCCN1[C@@H](CO)CC2. The van der Waals surface area contributed by atoms with Crippen LogP contribution in [0, 0.1) is 24.0 Å². The largest absolute Gasteiger partial charge is 0.508 e. The Morgan fingerprint density at radius 2 is 2.09 bits per heavy atom. The Kier molecular flexibility index (Phi) is 6.25. The minimum absolute atomic E-state index is 0.0734. The van der Waals surface area contributed by atoms with Gasteiger partial charge in [0.1, 0.15) is 35.2 Å². The number of fused-ring (bicyclic) bond motifs is 6. The first-order valence-corrected chi connectivity index (χ1v) is 15.5. The lowest BCUT2D eigenvalue weighted by molar-refractivity contribution is 0.0644. The van der Waals surface area contributed by atoms with Crippen molar-refractivity contribution < 1.29 is 26.5 Å². The Hall–Kier alpha value is -4.11. The van der Waals surface area contributed by atoms with E-state index in [1.54, 1.807) is 0 Å². The molecule has 0 spiro atoms. The molecule has 0 amide bonds. The van der Waals surface area contributed by atoms with E-state index in [9.17, 15) is 17.3 Å². The molecule has 5 aliphatic heterocycles. The molecule has 0 radical (unpaired) electrons. The number of aromatic hydroxyl groups is 1. The van der Waals surface area contributed by atoms with Crippen molar-refractivity contribution in [3.8, 4) is 35.4 Å². The van der Waals surface area contributed by atoms with E-state index >= 15 is 4.39 Å². The summed E-state index contributed by atoms with van der Waals surface area (Å²) in [6, 6.07) is 5.17. The zero-order valence-electron chi connectivity index (χ0n) is 26.6. The molecule has 2 aromatic heterocycles. The molecule has 7 heterocycles. The number of aliphatic hydroxyl groups excluding tert-OH is 1. The maximum atomic E-state index is 16.9. The second-order valence-corrected chi connectivity index (χ2v) is 12.6. The Morgan fingerprint density at radius 3 is 2.84 bits per heavy atom. The second-order valence-electron chi connectivity index (χ2n) is 12.6. The van der Waals surface area contributed by atoms with Crippen LogP contribution in [0.3, 0.4) is 0 Å². The zero-order valence-corrected chi connectivity index (χ0v) is 24.6. The number of phenols is 1. The molecule has 4 atom stereocenters. The van der Waals surface area contributed by atoms with Crippen LogP contribution in [0.25, 0.3) is 32.9 Å². The molecule has 11 heteroatoms. The number of piperidine rings is 2. The lowest BCUT2D eigenvalue weighted by atomic mass is 9.92. The van der Waals surface area contributed by atoms with Gasteiger partial charge in [-0.25, -0.2) is 8.78 Å². The zero-order chi connectivity index (χ0) is 32.7. The average molecular weight is 615 g/mol. The van der Waals surface area contributed by atoms with Crippen molar-refractivity contribution in [3.63, 3.8) is 0 Å². The van der Waals surface area contributed by atoms with Crippen LogP contribution < -0.4 is 15.0 Å². The normalized spacial score (nSPS) is 27.1. The molecule has 9 nitrogen and oxygen atoms in total. The van der Waals surface area contributed by atoms with E-state index in [-0.39, 0.29) is 64.2 Å². The van der Waals surface area contributed by atoms with Gasteiger partial charge in [-0.3, -0.25) is 9.88 Å². The van der Waals surface area contributed by atoms with E-state index in [0.29, 0.717) is 48.9 Å². The van der Waals surface area contributed by atoms with Gasteiger partial charge in [-0.1, -0.05) is 12.0 Å². The van der Waals surface area contributed by atoms with Crippen molar-refractivity contribution in [2.24, 2.45) is 0 Å². The number of phenolic OH excluding ortho intramolecular Hbond substituents is 1. The first-order valence-electron chi connectivity index (χ1n) is 16.5. The molecule has 5 fully saturated rings. The number of nitrogens with zero attached hydrogens (tertiary/aromatic N) is 5. The molecule has 45 heavy (non-hydrogen) atoms. The maximum Gasteiger partial charge on any atom is 0.319 e. The molecular formula is C34H34F2N6O3. The van der Waals surface area contributed by atoms with Crippen LogP contribution >= 0.6 is 0 Å². The Labute approximate surface area is 262 Å². The van der Waals surface area contributed by atoms with Gasteiger partial charge in [-0.15, -0.1) is 6.42 Å². The van der Waals surface area contributed by atoms with Crippen LogP contribution in [0.5, 0.6) is 11.8 Å². The number of piperazine rings is 1. The van der Waals surface area contributed by atoms with Crippen LogP contribution in [0.1, 0.15) is 46.8 Å². The van der Waals surface area contributed by atoms with Gasteiger partial charge in [0.25, 0.3) is 0 Å². The van der Waals surface area contributed by atoms with Crippen molar-refractivity contribution in [2.45, 2.75) is 62.2 Å². The second kappa shape index (κ2) is 10.8. The van der Waals surface area contributed by atoms with E-state index in [1.165, 1.54) is 30.5 Å². The molecule has 2 aromatic carbocycles. The summed E-state index contributed by atoms with van der Waals surface area (Å²) < 4.78 is 56.2. The van der Waals surface area contributed by atoms with E-state index in [2.05, 4.69) is 26.1 Å². The number of aromatic nitrogens is 3. The summed E-state index contributed by atoms with van der Waals surface area (Å²) in [4.78, 5) is 17.8. The number of ether oxygens (including phenoxy) is 1. The van der Waals surface area contributed by atoms with Crippen LogP contribution in [-0.2, 0) is 0 Å². The van der Waals surface area contributed by atoms with Crippen molar-refractivity contribution in [1.29, 1.82) is 0 Å². The number of benzene rings is 2. The third kappa shape index (κ3) is 4.49. The molecule has 4 aromatic rings. The lowest BCUT2D eigenvalue weighted by Crippen LogP contribution is -2.61. The first kappa shape index (κ1) is 26.1. The fourth-order valence-electron chi connectivity index (χ4n) is 7.95. The van der Waals surface area contributed by atoms with E-state index in [4.69, 9.17) is 16.1 Å². The molecule has 5 saturated heterocycles. The molecule has 0 saturated carbocycles. The lowest BCUT2D eigenvalue weighted by Gasteiger charge is -2.46. The number of aliphatic hydroxyl groups is 1. The summed E-state index contributed by atoms with van der Waals surface area (Å²) in [7, 11) is 0. The van der Waals surface area contributed by atoms with Crippen LogP contribution in [0.4, 0.5) is 14.6 Å². The van der Waals surface area contributed by atoms with Crippen molar-refractivity contribution >= 4 is 27.5 Å². The van der Waals surface area contributed by atoms with Gasteiger partial charge in [-0.05, 0) is 68.7 Å². The highest BCUT2D eigenvalue weighted by Crippen LogP contribution is 2.43. The number of hydrogen-bond acceptors (Lipinski definition) is 9. The predicted octanol–water partition coefficient (Wildman–Crippen LogP) is 4.12. The molecule has 5 aliphatic rings. The van der Waals surface area contributed by atoms with E-state index in [0.717, 1.165) is 25.8 Å². The topological polar surface area (TPSA) is 107 Å². The first-order chi connectivity index (χ1) is 22.6. The van der Waals surface area contributed by atoms with Crippen molar-refractivity contribution in [1.82, 2.24) is 25.2 Å². The highest BCUT2D eigenvalue weighted by atomic mass is 19.1. The molecule has 0 aliphatic carbocycles. The summed E-state index contributed by atoms with van der Waals surface area (Å²) >= 11 is 0. The predicted molar refractivity (Wildman–Crippen MR) is 166 cm³/mol. The summed E-state index contributed by atoms with van der Waals surface area (Å²) in [5.41, 5.74) is -1.33. The van der Waals surface area contributed by atoms with Gasteiger partial charge in [0.15, 0.2) is 5.82 Å². The number of halogens is 2. The standard InChI is InChI=1S/C34H34F2N6O3/c1-2-24-27(35)7-4-19-12-23(44)13-25(28(19)24)30-29(36)31-26(15-38-30)32(41-16-20-5-6-21(41)14-37-20)40-33(39-31)45-18-34-9-3-11-42(34)22(17-43)8-10-34/h1,4,7,12-13,15,20-22,37,43-44H,3,5-6,8-11,14,16-18H2/t20?,21?,22-,34-/m1/s1/i18D2. The fraction of sp³-hybridized carbons (Fsp3) is 0.441. The van der Waals surface area contributed by atoms with Gasteiger partial charge in [-0.2, -0.15) is 9.97 Å². The van der Waals surface area contributed by atoms with Gasteiger partial charge in [0, 0.05) is 48.4 Å². The highest BCUT2D eigenvalue weighted by molar-refractivity contribution is 6.03. The maximum absolute atomic E-state index is 16.9. The average Bonchev–Trinajstić information content (AvgIpc) is 3.67. The minimum Gasteiger partial charge on any atom is -0.508 e. The van der Waals surface area contributed by atoms with Crippen LogP contribution in [0.15, 0.2) is 30.5 Å². The number of anilines is 1. The minimum atomic E-state index is -2.26. The summed E-state index contributed by atoms with van der Waals surface area (Å²) in [6.07, 6.45) is 11.5. The molecule has 2 unspecified atom stereocenters. The van der Waals surface area contributed by atoms with Crippen LogP contribution in [0.2, 0.25) is 0 Å². The third-order valence-corrected chi connectivity index (χ3v) is 10.1. The number of terminal acetylenes is 1. The number of pyridine rings is 1. The van der Waals surface area contributed by atoms with E-state index < -0.39 is 23.7 Å². The van der Waals surface area contributed by atoms with Crippen molar-refractivity contribution in [3.05, 3.63) is 47.7 Å². The molecule has 232 valence electrons. The Morgan fingerprint density at radius 1 is 1.20 bits per heavy atom. The Bertz CT molecular complexity index is 1970. The fourth-order valence-corrected chi connectivity index (χ4v) is 7.95. The number of rotatable bonds is 6. The molecule has 3 N–H and O–H groups in total. The van der Waals surface area contributed by atoms with Gasteiger partial charge < -0.3 is 25.2 Å². The van der Waals surface area contributed by atoms with Gasteiger partial charge in [0.2, 0.25) is 0 Å². The smallest absolute Gasteiger partial charge is 0.319 e. The van der Waals surface area contributed by atoms with Crippen LogP contribution in [-0.4, -0.2) is 86.5 Å². The molecular weight excluding hydrogens is 578 g/mol. The van der Waals surface area contributed by atoms with Gasteiger partial charge in [0.05, 0.1) is 25.8 Å². The van der Waals surface area contributed by atoms with E-state index in [1.807, 2.05) is 4.90 Å². The monoisotopic (exact) mass is 614 g/mol. The number of hydrogen-bond donors (Lipinski definition) is 3. The Balaban J connectivity index is 1.31. The summed E-state index contributed by atoms with van der Waals surface area (Å²) in [5.74, 6) is 1.04. The van der Waals surface area contributed by atoms with Gasteiger partial charge >= 0.3 is 6.01 Å². The molecule has 9 rings (SSSR count). The number of nitrogens with one attached hydrogen (secondary N) is 1. The van der Waals surface area contributed by atoms with Crippen molar-refractivity contribution in [2.75, 3.05) is 37.7 Å². The quantitative estimate of drug-likeness (QED) is 0.277. The third-order valence-electron chi connectivity index (χ3n) is 10.1. The molecule has 2 bridgehead atoms.